The van der Waals surface area contributed by atoms with Crippen LogP contribution in [0.3, 0.4) is 0 Å². The highest BCUT2D eigenvalue weighted by Crippen LogP contribution is 2.39. The summed E-state index contributed by atoms with van der Waals surface area (Å²) in [6.07, 6.45) is 30.8. The number of aromatic amines is 4. The molecule has 0 aliphatic heterocycles. The predicted octanol–water partition coefficient (Wildman–Crippen LogP) is 15.8. The zero-order chi connectivity index (χ0) is 71.3. The highest BCUT2D eigenvalue weighted by Gasteiger charge is 2.23. The molecule has 0 saturated heterocycles. The summed E-state index contributed by atoms with van der Waals surface area (Å²) in [6.45, 7) is 1.93. The highest BCUT2D eigenvalue weighted by molar-refractivity contribution is 14.0. The summed E-state index contributed by atoms with van der Waals surface area (Å²) >= 11 is 4.70. The molecule has 4 aliphatic carbocycles. The van der Waals surface area contributed by atoms with Crippen LogP contribution in [-0.4, -0.2) is 145 Å². The second-order valence-corrected chi connectivity index (χ2v) is 27.7. The predicted molar refractivity (Wildman–Crippen MR) is 435 cm³/mol. The SMILES string of the molecule is CCO.CN(C)C1CC=C(c2c[nH]c3ccc(N)cc23)CC1.CN(C)C1CC=C(c2c[nH]c3ccc(N=C(N)c4cccs4)cc23)CC1.CN(C)C1CC=C(c2c[nH]c3ccc([N+](=O)[O-])cc23)CC1.CSC(=N)c1cccs1.I.NN.O.O=C1CC=C(c2c[nH]c3ccc([N+](=O)[O-])cc23)CC1. The number of nitrogens with two attached hydrogens (primary N) is 4. The number of nitrogens with one attached hydrogen (secondary N) is 5. The second-order valence-electron chi connectivity index (χ2n) is 25.0. The number of aliphatic hydroxyl groups excluding tert-OH is 1. The van der Waals surface area contributed by atoms with Crippen molar-refractivity contribution in [2.75, 3.05) is 60.9 Å². The van der Waals surface area contributed by atoms with Crippen LogP contribution in [-0.2, 0) is 4.79 Å². The van der Waals surface area contributed by atoms with Crippen LogP contribution < -0.4 is 23.2 Å². The molecule has 0 bridgehead atoms. The number of thiophene rings is 2. The first-order valence-corrected chi connectivity index (χ1v) is 36.0. The van der Waals surface area contributed by atoms with Gasteiger partial charge in [-0.3, -0.25) is 42.1 Å². The number of ketones is 1. The molecule has 6 heterocycles. The molecule has 3 unspecified atom stereocenters. The molecular weight excluding hydrogens is 1450 g/mol. The van der Waals surface area contributed by atoms with E-state index in [0.29, 0.717) is 48.3 Å². The number of nitro benzene ring substituents is 2. The van der Waals surface area contributed by atoms with Gasteiger partial charge in [0.05, 0.1) is 25.3 Å². The van der Waals surface area contributed by atoms with Gasteiger partial charge in [-0.05, 0) is 213 Å². The van der Waals surface area contributed by atoms with E-state index >= 15 is 0 Å². The Hall–Kier alpha value is -8.39. The van der Waals surface area contributed by atoms with Crippen LogP contribution in [0.5, 0.6) is 0 Å². The fourth-order valence-corrected chi connectivity index (χ4v) is 14.4. The van der Waals surface area contributed by atoms with Crippen LogP contribution in [0, 0.1) is 25.6 Å². The Labute approximate surface area is 619 Å². The summed E-state index contributed by atoms with van der Waals surface area (Å²) in [5.41, 5.74) is 28.1. The monoisotopic (exact) mass is 1540 g/mol. The largest absolute Gasteiger partial charge is 0.412 e. The molecule has 0 radical (unpaired) electrons. The fraction of sp³-hybridized carbons (Fsp3) is 0.320. The van der Waals surface area contributed by atoms with Crippen molar-refractivity contribution in [1.29, 1.82) is 5.41 Å². The molecule has 6 aromatic heterocycles. The molecule has 10 aromatic rings. The molecule has 14 rings (SSSR count). The van der Waals surface area contributed by atoms with Gasteiger partial charge in [0.2, 0.25) is 0 Å². The number of hydrazine groups is 1. The maximum Gasteiger partial charge on any atom is 0.270 e. The third-order valence-corrected chi connectivity index (χ3v) is 20.6. The number of H-pyrrole nitrogens is 4. The molecular formula is C75H96IN15O7S3. The minimum Gasteiger partial charge on any atom is -0.412 e. The number of thioether (sulfide) groups is 1. The number of allylic oxidation sites excluding steroid dienone is 5. The van der Waals surface area contributed by atoms with Crippen molar-refractivity contribution in [3.05, 3.63) is 209 Å². The number of anilines is 1. The molecule has 0 spiro atoms. The van der Waals surface area contributed by atoms with Crippen molar-refractivity contribution in [3.8, 4) is 0 Å². The number of halogens is 1. The molecule has 4 aromatic carbocycles. The van der Waals surface area contributed by atoms with E-state index < -0.39 is 4.92 Å². The van der Waals surface area contributed by atoms with Gasteiger partial charge in [0.1, 0.15) is 16.7 Å². The number of aromatic nitrogens is 4. The normalized spacial score (nSPS) is 16.5. The van der Waals surface area contributed by atoms with E-state index in [2.05, 4.69) is 148 Å². The number of hydrogen-bond donors (Lipinski definition) is 10. The van der Waals surface area contributed by atoms with E-state index in [-0.39, 0.29) is 58.1 Å². The Morgan fingerprint density at radius 3 is 1.32 bits per heavy atom. The Morgan fingerprint density at radius 1 is 0.594 bits per heavy atom. The summed E-state index contributed by atoms with van der Waals surface area (Å²) in [5, 5.41) is 45.6. The molecule has 26 heteroatoms. The zero-order valence-electron chi connectivity index (χ0n) is 58.5. The van der Waals surface area contributed by atoms with E-state index in [1.54, 1.807) is 59.9 Å². The summed E-state index contributed by atoms with van der Waals surface area (Å²) in [7, 11) is 12.9. The van der Waals surface area contributed by atoms with E-state index in [1.165, 1.54) is 74.8 Å². The number of Topliss-reactive ketones (excluding diaryl/α,β-unsaturated/α-hetero) is 1. The summed E-state index contributed by atoms with van der Waals surface area (Å²) < 4.78 is 0. The van der Waals surface area contributed by atoms with Crippen molar-refractivity contribution in [1.82, 2.24) is 34.6 Å². The number of carbonyl (C=O) groups excluding carboxylic acids is 1. The van der Waals surface area contributed by atoms with Crippen LogP contribution in [0.15, 0.2) is 162 Å². The van der Waals surface area contributed by atoms with Gasteiger partial charge in [-0.15, -0.1) is 58.4 Å². The third-order valence-electron chi connectivity index (χ3n) is 18.1. The standard InChI is InChI=1S/C21H24N4S.C16H19N3O2.C16H21N3.C14H12N2O3.C6H7NS2.C2H6O.HI.H4N2.H2O/c1-25(2)16-8-5-14(6-9-16)18-13-23-19-10-7-15(12-17(18)19)24-21(22)20-4-3-11-26-20;1-18(2)12-5-3-11(4-6-12)15-10-17-16-8-7-13(19(20)21)9-14(15)16;1-19(2)13-6-3-11(4-7-13)15-10-18-16-8-5-12(17)9-14(15)16;17-11-4-1-9(2-5-11)13-8-15-14-6-3-10(16(18)19)7-12(13)14;1-8-6(7)5-3-2-4-9-5;1-2-3;;1-2;/h3-5,7,10-13,16,23H,6,8-9H2,1-2H3,(H2,22,24);3,7-10,12,17H,4-6H2,1-2H3;3,5,8-10,13,18H,4,6-7,17H2,1-2H3;1,3,6-8,15H,2,4-5H2;2-4,7H,1H3;3H,2H2,1H3;1H;1-2H2;1H2. The minimum atomic E-state index is -0.394. The number of fused-ring (bicyclic) bond motifs is 4. The number of aliphatic hydroxyl groups is 1. The van der Waals surface area contributed by atoms with Gasteiger partial charge in [0, 0.05) is 158 Å². The number of rotatable bonds is 12. The Kier molecular flexibility index (Phi) is 32.1. The number of nitrogen functional groups attached to an aromatic ring is 1. The van der Waals surface area contributed by atoms with Gasteiger partial charge in [0.15, 0.2) is 0 Å². The maximum atomic E-state index is 11.2. The average molecular weight is 1540 g/mol. The number of amidine groups is 1. The molecule has 538 valence electrons. The van der Waals surface area contributed by atoms with Crippen molar-refractivity contribution >= 4 is 164 Å². The molecule has 0 saturated carbocycles. The van der Waals surface area contributed by atoms with Crippen molar-refractivity contribution < 1.29 is 25.2 Å². The lowest BCUT2D eigenvalue weighted by Crippen LogP contribution is -2.28. The third kappa shape index (κ3) is 21.8. The Balaban J connectivity index is 0.000000199. The van der Waals surface area contributed by atoms with Crippen LogP contribution in [0.2, 0.25) is 0 Å². The van der Waals surface area contributed by atoms with E-state index in [4.69, 9.17) is 22.0 Å². The zero-order valence-corrected chi connectivity index (χ0v) is 63.3. The number of hydrogen-bond acceptors (Lipinski definition) is 17. The lowest BCUT2D eigenvalue weighted by molar-refractivity contribution is -0.384. The fourth-order valence-electron chi connectivity index (χ4n) is 12.5. The molecule has 4 aliphatic rings. The van der Waals surface area contributed by atoms with Gasteiger partial charge in [-0.25, -0.2) is 4.99 Å². The number of benzene rings is 4. The minimum absolute atomic E-state index is 0. The molecule has 101 heavy (non-hydrogen) atoms. The topological polar surface area (TPSA) is 368 Å². The smallest absolute Gasteiger partial charge is 0.270 e. The molecule has 3 atom stereocenters. The summed E-state index contributed by atoms with van der Waals surface area (Å²) in [4.78, 5) is 58.9. The van der Waals surface area contributed by atoms with Crippen LogP contribution >= 0.6 is 58.4 Å². The number of aliphatic imine (C=N–C) groups is 1. The van der Waals surface area contributed by atoms with E-state index in [9.17, 15) is 25.0 Å². The lowest BCUT2D eigenvalue weighted by atomic mass is 9.90. The first kappa shape index (κ1) is 81.6. The number of nitro groups is 2. The molecule has 0 fully saturated rings. The van der Waals surface area contributed by atoms with E-state index in [1.807, 2.05) is 71.9 Å². The number of carbonyl (C=O) groups is 1. The number of nitrogens with zero attached hydrogens (tertiary/aromatic N) is 6. The molecule has 16 N–H and O–H groups in total. The van der Waals surface area contributed by atoms with Crippen LogP contribution in [0.1, 0.15) is 116 Å². The summed E-state index contributed by atoms with van der Waals surface area (Å²) in [5.74, 6) is 8.82. The Morgan fingerprint density at radius 2 is 0.970 bits per heavy atom. The van der Waals surface area contributed by atoms with Crippen LogP contribution in [0.4, 0.5) is 22.7 Å². The number of non-ortho nitro benzene ring substituents is 2. The Bertz CT molecular complexity index is 4520. The average Bonchev–Trinajstić information content (AvgIpc) is 1.70. The van der Waals surface area contributed by atoms with Crippen molar-refractivity contribution in [2.24, 2.45) is 22.4 Å². The van der Waals surface area contributed by atoms with Crippen molar-refractivity contribution in [2.45, 2.75) is 102 Å². The van der Waals surface area contributed by atoms with E-state index in [0.717, 1.165) is 110 Å². The highest BCUT2D eigenvalue weighted by atomic mass is 127. The maximum absolute atomic E-state index is 11.2. The van der Waals surface area contributed by atoms with Gasteiger partial charge < -0.3 is 56.7 Å². The first-order chi connectivity index (χ1) is 47.7. The molecule has 22 nitrogen and oxygen atoms in total. The lowest BCUT2D eigenvalue weighted by Gasteiger charge is -2.27. The van der Waals surface area contributed by atoms with Gasteiger partial charge in [0.25, 0.3) is 11.4 Å². The summed E-state index contributed by atoms with van der Waals surface area (Å²) in [6, 6.07) is 31.9. The van der Waals surface area contributed by atoms with Crippen LogP contribution in [0.25, 0.3) is 65.9 Å². The van der Waals surface area contributed by atoms with Gasteiger partial charge >= 0.3 is 0 Å². The van der Waals surface area contributed by atoms with Crippen molar-refractivity contribution in [3.63, 3.8) is 0 Å². The first-order valence-electron chi connectivity index (χ1n) is 33.0. The van der Waals surface area contributed by atoms with Gasteiger partial charge in [-0.2, -0.15) is 0 Å². The quantitative estimate of drug-likeness (QED) is 0.0103. The second kappa shape index (κ2) is 39.7. The molecule has 0 amide bonds. The van der Waals surface area contributed by atoms with Gasteiger partial charge in [-0.1, -0.05) is 36.4 Å².